The molecule has 1 N–H and O–H groups in total. The van der Waals surface area contributed by atoms with Crippen LogP contribution in [-0.2, 0) is 10.5 Å². The predicted molar refractivity (Wildman–Crippen MR) is 54.0 cm³/mol. The monoisotopic (exact) mass is 208 g/mol. The van der Waals surface area contributed by atoms with Gasteiger partial charge in [0.05, 0.1) is 0 Å². The summed E-state index contributed by atoms with van der Waals surface area (Å²) < 4.78 is 14.4. The van der Waals surface area contributed by atoms with Gasteiger partial charge >= 0.3 is 0 Å². The van der Waals surface area contributed by atoms with E-state index in [9.17, 15) is 9.18 Å². The number of hydrogen-bond donors (Lipinski definition) is 1. The molecule has 0 amide bonds. The maximum Gasteiger partial charge on any atom is 0.194 e. The van der Waals surface area contributed by atoms with Crippen LogP contribution in [-0.4, -0.2) is 17.5 Å². The van der Waals surface area contributed by atoms with Crippen molar-refractivity contribution in [1.29, 1.82) is 0 Å². The molecule has 0 aliphatic heterocycles. The van der Waals surface area contributed by atoms with Gasteiger partial charge < -0.3 is 5.11 Å². The summed E-state index contributed by atoms with van der Waals surface area (Å²) in [6.45, 7) is -0.121. The summed E-state index contributed by atoms with van der Waals surface area (Å²) in [5.74, 6) is -0.643. The normalized spacial score (nSPS) is 30.8. The maximum absolute atomic E-state index is 14.4. The molecule has 1 fully saturated rings. The highest BCUT2D eigenvalue weighted by atomic mass is 19.1. The lowest BCUT2D eigenvalue weighted by atomic mass is 9.92. The van der Waals surface area contributed by atoms with E-state index in [2.05, 4.69) is 0 Å². The number of hydrogen-bond acceptors (Lipinski definition) is 2. The molecule has 1 saturated carbocycles. The number of halogens is 1. The number of ketones is 1. The molecular weight excluding hydrogens is 195 g/mol. The Balaban J connectivity index is 2.32. The molecule has 2 rings (SSSR count). The third kappa shape index (κ3) is 1.67. The van der Waals surface area contributed by atoms with Gasteiger partial charge in [0.2, 0.25) is 0 Å². The van der Waals surface area contributed by atoms with Crippen LogP contribution in [0.3, 0.4) is 0 Å². The molecule has 80 valence electrons. The lowest BCUT2D eigenvalue weighted by Gasteiger charge is -2.18. The summed E-state index contributed by atoms with van der Waals surface area (Å²) in [5.41, 5.74) is -1.47. The Kier molecular flexibility index (Phi) is 2.57. The molecule has 0 bridgehead atoms. The van der Waals surface area contributed by atoms with Gasteiger partial charge in [0.1, 0.15) is 0 Å². The largest absolute Gasteiger partial charge is 0.396 e. The lowest BCUT2D eigenvalue weighted by Crippen LogP contribution is -2.25. The minimum absolute atomic E-state index is 0.104. The molecule has 1 aliphatic carbocycles. The average Bonchev–Trinajstić information content (AvgIpc) is 2.57. The van der Waals surface area contributed by atoms with Crippen LogP contribution >= 0.6 is 0 Å². The summed E-state index contributed by atoms with van der Waals surface area (Å²) in [4.78, 5) is 11.6. The number of Topliss-reactive ketones (excluding diaryl/α,β-unsaturated/α-hetero) is 1. The fourth-order valence-electron chi connectivity index (χ4n) is 2.12. The molecule has 0 saturated heterocycles. The van der Waals surface area contributed by atoms with Gasteiger partial charge in [-0.3, -0.25) is 4.79 Å². The minimum Gasteiger partial charge on any atom is -0.396 e. The number of carbonyl (C=O) groups is 1. The van der Waals surface area contributed by atoms with E-state index in [1.54, 1.807) is 30.3 Å². The van der Waals surface area contributed by atoms with E-state index in [1.807, 2.05) is 0 Å². The molecule has 0 spiro atoms. The molecule has 0 heterocycles. The zero-order valence-electron chi connectivity index (χ0n) is 8.32. The van der Waals surface area contributed by atoms with Crippen LogP contribution < -0.4 is 0 Å². The van der Waals surface area contributed by atoms with Crippen molar-refractivity contribution in [2.24, 2.45) is 5.92 Å². The van der Waals surface area contributed by atoms with Crippen LogP contribution in [0.15, 0.2) is 30.3 Å². The van der Waals surface area contributed by atoms with E-state index < -0.39 is 11.5 Å². The first-order valence-corrected chi connectivity index (χ1v) is 5.05. The van der Waals surface area contributed by atoms with Crippen LogP contribution in [0.25, 0.3) is 0 Å². The van der Waals surface area contributed by atoms with Crippen molar-refractivity contribution in [2.45, 2.75) is 18.5 Å². The predicted octanol–water partition coefficient (Wildman–Crippen LogP) is 1.82. The molecule has 3 heteroatoms. The van der Waals surface area contributed by atoms with Crippen LogP contribution in [0.2, 0.25) is 0 Å². The quantitative estimate of drug-likeness (QED) is 0.805. The fraction of sp³-hybridized carbons (Fsp3) is 0.417. The highest BCUT2D eigenvalue weighted by molar-refractivity contribution is 5.90. The second-order valence-electron chi connectivity index (χ2n) is 4.05. The van der Waals surface area contributed by atoms with Crippen molar-refractivity contribution in [3.8, 4) is 0 Å². The van der Waals surface area contributed by atoms with Gasteiger partial charge in [-0.2, -0.15) is 0 Å². The van der Waals surface area contributed by atoms with E-state index >= 15 is 0 Å². The molecule has 0 aromatic heterocycles. The van der Waals surface area contributed by atoms with Crippen molar-refractivity contribution in [3.05, 3.63) is 35.9 Å². The SMILES string of the molecule is O=C1CC(CO)CC1(F)c1ccccc1. The zero-order chi connectivity index (χ0) is 10.9. The lowest BCUT2D eigenvalue weighted by molar-refractivity contribution is -0.127. The van der Waals surface area contributed by atoms with E-state index in [0.29, 0.717) is 5.56 Å². The molecule has 2 unspecified atom stereocenters. The van der Waals surface area contributed by atoms with Crippen molar-refractivity contribution < 1.29 is 14.3 Å². The molecule has 2 nitrogen and oxygen atoms in total. The first kappa shape index (κ1) is 10.3. The van der Waals surface area contributed by atoms with Gasteiger partial charge in [0, 0.05) is 13.0 Å². The second-order valence-corrected chi connectivity index (χ2v) is 4.05. The molecule has 0 radical (unpaired) electrons. The van der Waals surface area contributed by atoms with Gasteiger partial charge in [-0.05, 0) is 17.9 Å². The second kappa shape index (κ2) is 3.74. The average molecular weight is 208 g/mol. The first-order chi connectivity index (χ1) is 7.16. The molecular formula is C12H13FO2. The number of benzene rings is 1. The van der Waals surface area contributed by atoms with Crippen LogP contribution in [0.1, 0.15) is 18.4 Å². The zero-order valence-corrected chi connectivity index (χ0v) is 8.32. The molecule has 15 heavy (non-hydrogen) atoms. The number of carbonyl (C=O) groups excluding carboxylic acids is 1. The molecule has 1 aromatic rings. The Morgan fingerprint density at radius 1 is 1.40 bits per heavy atom. The number of alkyl halides is 1. The molecule has 1 aliphatic rings. The van der Waals surface area contributed by atoms with Crippen LogP contribution in [0.5, 0.6) is 0 Å². The standard InChI is InChI=1S/C12H13FO2/c13-12(10-4-2-1-3-5-10)7-9(8-14)6-11(12)15/h1-5,9,14H,6-8H2. The third-order valence-electron chi connectivity index (χ3n) is 2.98. The van der Waals surface area contributed by atoms with E-state index in [0.717, 1.165) is 0 Å². The van der Waals surface area contributed by atoms with Gasteiger partial charge in [0.15, 0.2) is 11.5 Å². The minimum atomic E-state index is -1.88. The highest BCUT2D eigenvalue weighted by Gasteiger charge is 2.48. The smallest absolute Gasteiger partial charge is 0.194 e. The summed E-state index contributed by atoms with van der Waals surface area (Å²) in [5, 5.41) is 8.94. The van der Waals surface area contributed by atoms with E-state index in [-0.39, 0.29) is 25.4 Å². The summed E-state index contributed by atoms with van der Waals surface area (Å²) in [7, 11) is 0. The van der Waals surface area contributed by atoms with E-state index in [1.165, 1.54) is 0 Å². The Morgan fingerprint density at radius 2 is 2.07 bits per heavy atom. The number of aliphatic hydroxyl groups excluding tert-OH is 1. The Hall–Kier alpha value is -1.22. The van der Waals surface area contributed by atoms with Crippen molar-refractivity contribution in [2.75, 3.05) is 6.61 Å². The summed E-state index contributed by atoms with van der Waals surface area (Å²) in [6, 6.07) is 8.47. The van der Waals surface area contributed by atoms with Crippen molar-refractivity contribution in [3.63, 3.8) is 0 Å². The number of aliphatic hydroxyl groups is 1. The van der Waals surface area contributed by atoms with E-state index in [4.69, 9.17) is 5.11 Å². The Bertz CT molecular complexity index is 363. The number of rotatable bonds is 2. The fourth-order valence-corrected chi connectivity index (χ4v) is 2.12. The summed E-state index contributed by atoms with van der Waals surface area (Å²) >= 11 is 0. The Morgan fingerprint density at radius 3 is 2.60 bits per heavy atom. The summed E-state index contributed by atoms with van der Waals surface area (Å²) in [6.07, 6.45) is 0.244. The Labute approximate surface area is 87.7 Å². The first-order valence-electron chi connectivity index (χ1n) is 5.05. The van der Waals surface area contributed by atoms with Crippen molar-refractivity contribution in [1.82, 2.24) is 0 Å². The third-order valence-corrected chi connectivity index (χ3v) is 2.98. The molecule has 2 atom stereocenters. The van der Waals surface area contributed by atoms with Gasteiger partial charge in [-0.15, -0.1) is 0 Å². The maximum atomic E-state index is 14.4. The highest BCUT2D eigenvalue weighted by Crippen LogP contribution is 2.42. The van der Waals surface area contributed by atoms with Crippen LogP contribution in [0, 0.1) is 5.92 Å². The topological polar surface area (TPSA) is 37.3 Å². The van der Waals surface area contributed by atoms with Gasteiger partial charge in [-0.1, -0.05) is 30.3 Å². The van der Waals surface area contributed by atoms with Crippen molar-refractivity contribution >= 4 is 5.78 Å². The molecule has 1 aromatic carbocycles. The van der Waals surface area contributed by atoms with Gasteiger partial charge in [0.25, 0.3) is 0 Å². The van der Waals surface area contributed by atoms with Gasteiger partial charge in [-0.25, -0.2) is 4.39 Å². The van der Waals surface area contributed by atoms with Crippen LogP contribution in [0.4, 0.5) is 4.39 Å².